The highest BCUT2D eigenvalue weighted by atomic mass is 35.5. The van der Waals surface area contributed by atoms with Crippen molar-refractivity contribution in [1.29, 1.82) is 0 Å². The summed E-state index contributed by atoms with van der Waals surface area (Å²) in [5.74, 6) is 0.905. The Kier molecular flexibility index (Phi) is 7.17. The van der Waals surface area contributed by atoms with Gasteiger partial charge in [0, 0.05) is 42.1 Å². The number of carbonyl (C=O) groups excluding carboxylic acids is 1. The van der Waals surface area contributed by atoms with E-state index in [4.69, 9.17) is 11.6 Å². The molecule has 8 heteroatoms. The zero-order chi connectivity index (χ0) is 20.8. The van der Waals surface area contributed by atoms with E-state index in [-0.39, 0.29) is 11.7 Å². The van der Waals surface area contributed by atoms with Crippen LogP contribution in [-0.2, 0) is 11.8 Å². The molecule has 2 aromatic carbocycles. The Labute approximate surface area is 180 Å². The van der Waals surface area contributed by atoms with E-state index in [0.717, 1.165) is 35.9 Å². The first kappa shape index (κ1) is 21.2. The molecule has 3 aromatic rings. The van der Waals surface area contributed by atoms with E-state index >= 15 is 0 Å². The summed E-state index contributed by atoms with van der Waals surface area (Å²) in [5, 5.41) is 12.7. The summed E-state index contributed by atoms with van der Waals surface area (Å²) in [5.41, 5.74) is 2.86. The van der Waals surface area contributed by atoms with E-state index in [1.165, 1.54) is 11.8 Å². The summed E-state index contributed by atoms with van der Waals surface area (Å²) in [6.07, 6.45) is 0. The van der Waals surface area contributed by atoms with Gasteiger partial charge in [0.25, 0.3) is 0 Å². The Morgan fingerprint density at radius 2 is 1.72 bits per heavy atom. The Hall–Kier alpha value is -2.51. The summed E-state index contributed by atoms with van der Waals surface area (Å²) < 4.78 is 1.88. The second kappa shape index (κ2) is 9.80. The van der Waals surface area contributed by atoms with Crippen molar-refractivity contribution in [1.82, 2.24) is 14.8 Å². The molecule has 0 unspecified atom stereocenters. The molecule has 0 aliphatic rings. The number of nitrogens with zero attached hydrogens (tertiary/aromatic N) is 4. The average molecular weight is 430 g/mol. The van der Waals surface area contributed by atoms with E-state index in [9.17, 15) is 4.79 Å². The van der Waals surface area contributed by atoms with Crippen molar-refractivity contribution in [2.75, 3.05) is 29.1 Å². The number of carbonyl (C=O) groups is 1. The van der Waals surface area contributed by atoms with Crippen LogP contribution in [0.3, 0.4) is 0 Å². The minimum absolute atomic E-state index is 0.0818. The van der Waals surface area contributed by atoms with Gasteiger partial charge in [0.05, 0.1) is 5.75 Å². The quantitative estimate of drug-likeness (QED) is 0.525. The molecule has 0 aliphatic carbocycles. The number of halogens is 1. The fourth-order valence-corrected chi connectivity index (χ4v) is 3.80. The van der Waals surface area contributed by atoms with Gasteiger partial charge in [-0.2, -0.15) is 0 Å². The molecule has 0 spiro atoms. The van der Waals surface area contributed by atoms with Gasteiger partial charge in [0.1, 0.15) is 0 Å². The normalized spacial score (nSPS) is 10.8. The Balaban J connectivity index is 1.58. The number of rotatable bonds is 8. The van der Waals surface area contributed by atoms with Gasteiger partial charge in [-0.15, -0.1) is 10.2 Å². The summed E-state index contributed by atoms with van der Waals surface area (Å²) in [6, 6.07) is 15.3. The third kappa shape index (κ3) is 5.31. The van der Waals surface area contributed by atoms with Crippen LogP contribution in [0.5, 0.6) is 0 Å². The maximum absolute atomic E-state index is 12.3. The van der Waals surface area contributed by atoms with Gasteiger partial charge in [-0.25, -0.2) is 0 Å². The Bertz CT molecular complexity index is 952. The topological polar surface area (TPSA) is 63.1 Å². The fourth-order valence-electron chi connectivity index (χ4n) is 2.96. The van der Waals surface area contributed by atoms with E-state index in [0.29, 0.717) is 10.2 Å². The number of anilines is 2. The molecule has 0 saturated carbocycles. The van der Waals surface area contributed by atoms with E-state index in [2.05, 4.69) is 34.3 Å². The molecule has 1 aromatic heterocycles. The molecule has 0 radical (unpaired) electrons. The lowest BCUT2D eigenvalue weighted by Gasteiger charge is -2.21. The second-order valence-electron chi connectivity index (χ2n) is 6.43. The molecule has 0 saturated heterocycles. The van der Waals surface area contributed by atoms with Gasteiger partial charge in [0.2, 0.25) is 5.91 Å². The van der Waals surface area contributed by atoms with E-state index < -0.39 is 0 Å². The van der Waals surface area contributed by atoms with Crippen LogP contribution in [0.4, 0.5) is 11.4 Å². The highest BCUT2D eigenvalue weighted by Crippen LogP contribution is 2.24. The van der Waals surface area contributed by atoms with Crippen molar-refractivity contribution in [3.63, 3.8) is 0 Å². The van der Waals surface area contributed by atoms with Crippen molar-refractivity contribution >= 4 is 40.6 Å². The summed E-state index contributed by atoms with van der Waals surface area (Å²) in [4.78, 5) is 14.6. The van der Waals surface area contributed by atoms with Gasteiger partial charge in [-0.05, 0) is 62.4 Å². The summed E-state index contributed by atoms with van der Waals surface area (Å²) >= 11 is 7.29. The van der Waals surface area contributed by atoms with Crippen molar-refractivity contribution in [2.24, 2.45) is 7.05 Å². The second-order valence-corrected chi connectivity index (χ2v) is 7.81. The highest BCUT2D eigenvalue weighted by molar-refractivity contribution is 7.99. The van der Waals surface area contributed by atoms with Gasteiger partial charge >= 0.3 is 0 Å². The molecule has 0 bridgehead atoms. The molecule has 0 fully saturated rings. The van der Waals surface area contributed by atoms with Gasteiger partial charge < -0.3 is 14.8 Å². The van der Waals surface area contributed by atoms with Crippen LogP contribution in [0.1, 0.15) is 13.8 Å². The van der Waals surface area contributed by atoms with Crippen molar-refractivity contribution < 1.29 is 4.79 Å². The van der Waals surface area contributed by atoms with Crippen molar-refractivity contribution in [3.05, 3.63) is 53.6 Å². The first-order valence-corrected chi connectivity index (χ1v) is 10.8. The molecule has 1 amide bonds. The maximum atomic E-state index is 12.3. The van der Waals surface area contributed by atoms with Crippen LogP contribution in [0.15, 0.2) is 53.7 Å². The zero-order valence-electron chi connectivity index (χ0n) is 16.7. The van der Waals surface area contributed by atoms with Crippen molar-refractivity contribution in [2.45, 2.75) is 19.0 Å². The molecule has 1 N–H and O–H groups in total. The van der Waals surface area contributed by atoms with Crippen LogP contribution in [0.25, 0.3) is 11.4 Å². The number of thioether (sulfide) groups is 1. The largest absolute Gasteiger partial charge is 0.372 e. The number of amides is 1. The minimum Gasteiger partial charge on any atom is -0.372 e. The first-order chi connectivity index (χ1) is 14.0. The molecule has 29 heavy (non-hydrogen) atoms. The van der Waals surface area contributed by atoms with Crippen LogP contribution < -0.4 is 10.2 Å². The molecule has 0 aliphatic heterocycles. The lowest BCUT2D eigenvalue weighted by Crippen LogP contribution is -2.21. The molecule has 3 rings (SSSR count). The molecular formula is C21H24ClN5OS. The lowest BCUT2D eigenvalue weighted by molar-refractivity contribution is -0.113. The van der Waals surface area contributed by atoms with Gasteiger partial charge in [0.15, 0.2) is 11.0 Å². The van der Waals surface area contributed by atoms with Crippen LogP contribution in [0.2, 0.25) is 5.02 Å². The van der Waals surface area contributed by atoms with Crippen LogP contribution in [-0.4, -0.2) is 39.5 Å². The number of hydrogen-bond donors (Lipinski definition) is 1. The lowest BCUT2D eigenvalue weighted by atomic mass is 10.2. The summed E-state index contributed by atoms with van der Waals surface area (Å²) in [7, 11) is 1.89. The van der Waals surface area contributed by atoms with Gasteiger partial charge in [-0.1, -0.05) is 23.4 Å². The Morgan fingerprint density at radius 1 is 1.07 bits per heavy atom. The number of hydrogen-bond acceptors (Lipinski definition) is 5. The predicted molar refractivity (Wildman–Crippen MR) is 121 cm³/mol. The molecular weight excluding hydrogens is 406 g/mol. The number of benzene rings is 2. The van der Waals surface area contributed by atoms with Crippen LogP contribution >= 0.6 is 23.4 Å². The SMILES string of the molecule is CCN(CC)c1ccc(NC(=O)CSc2nnc(-c3ccc(Cl)cc3)n2C)cc1. The van der Waals surface area contributed by atoms with Crippen molar-refractivity contribution in [3.8, 4) is 11.4 Å². The van der Waals surface area contributed by atoms with E-state index in [1.54, 1.807) is 0 Å². The molecule has 6 nitrogen and oxygen atoms in total. The standard InChI is InChI=1S/C21H24ClN5OS/c1-4-27(5-2)18-12-10-17(11-13-18)23-19(28)14-29-21-25-24-20(26(21)3)15-6-8-16(22)9-7-15/h6-13H,4-5,14H2,1-3H3,(H,23,28). The predicted octanol–water partition coefficient (Wildman–Crippen LogP) is 4.71. The number of aromatic nitrogens is 3. The summed E-state index contributed by atoms with van der Waals surface area (Å²) in [6.45, 7) is 6.16. The third-order valence-electron chi connectivity index (χ3n) is 4.55. The van der Waals surface area contributed by atoms with E-state index in [1.807, 2.05) is 60.1 Å². The highest BCUT2D eigenvalue weighted by Gasteiger charge is 2.13. The molecule has 0 atom stereocenters. The van der Waals surface area contributed by atoms with Crippen LogP contribution in [0, 0.1) is 0 Å². The number of nitrogens with one attached hydrogen (secondary N) is 1. The smallest absolute Gasteiger partial charge is 0.234 e. The monoisotopic (exact) mass is 429 g/mol. The molecule has 1 heterocycles. The minimum atomic E-state index is -0.0818. The first-order valence-electron chi connectivity index (χ1n) is 9.44. The fraction of sp³-hybridized carbons (Fsp3) is 0.286. The Morgan fingerprint density at radius 3 is 2.34 bits per heavy atom. The zero-order valence-corrected chi connectivity index (χ0v) is 18.3. The van der Waals surface area contributed by atoms with Gasteiger partial charge in [-0.3, -0.25) is 4.79 Å². The third-order valence-corrected chi connectivity index (χ3v) is 5.82. The molecule has 152 valence electrons. The average Bonchev–Trinajstić information content (AvgIpc) is 3.09. The maximum Gasteiger partial charge on any atom is 0.234 e.